The molecule has 1 aliphatic carbocycles. The summed E-state index contributed by atoms with van der Waals surface area (Å²) in [6.45, 7) is 10.1. The van der Waals surface area contributed by atoms with Crippen LogP contribution in [-0.4, -0.2) is 43.1 Å². The Hall–Kier alpha value is -3.85. The van der Waals surface area contributed by atoms with Gasteiger partial charge in [0.1, 0.15) is 23.1 Å². The number of fused-ring (bicyclic) bond motifs is 1. The van der Waals surface area contributed by atoms with E-state index in [9.17, 15) is 14.4 Å². The Bertz CT molecular complexity index is 1360. The normalized spacial score (nSPS) is 14.4. The summed E-state index contributed by atoms with van der Waals surface area (Å²) in [5.74, 6) is 0.821. The van der Waals surface area contributed by atoms with Crippen LogP contribution in [0.1, 0.15) is 82.6 Å². The Morgan fingerprint density at radius 1 is 0.878 bits per heavy atom. The standard InChI is InChI=1S/C32H38N2O6S/c1-19(2)39-24-11-7-22(8-12-24)29(35)34-31-28(26-15-6-21(5)18-27(26)41-31)30(36)33-16-17-38-32(37)23-9-13-25(14-10-23)40-20(3)4/h7-14,19-21H,6,15-18H2,1-5H3,(H,33,36)(H,34,35). The van der Waals surface area contributed by atoms with Crippen LogP contribution in [0.4, 0.5) is 5.00 Å². The van der Waals surface area contributed by atoms with Gasteiger partial charge in [0, 0.05) is 10.4 Å². The van der Waals surface area contributed by atoms with Crippen molar-refractivity contribution in [2.75, 3.05) is 18.5 Å². The van der Waals surface area contributed by atoms with Crippen LogP contribution in [0.5, 0.6) is 11.5 Å². The minimum Gasteiger partial charge on any atom is -0.491 e. The first kappa shape index (κ1) is 30.1. The molecule has 1 aliphatic rings. The van der Waals surface area contributed by atoms with Crippen LogP contribution in [0, 0.1) is 5.92 Å². The van der Waals surface area contributed by atoms with Crippen molar-refractivity contribution >= 4 is 34.1 Å². The third-order valence-electron chi connectivity index (χ3n) is 6.54. The zero-order valence-electron chi connectivity index (χ0n) is 24.2. The lowest BCUT2D eigenvalue weighted by molar-refractivity contribution is 0.0503. The molecule has 1 heterocycles. The molecular formula is C32H38N2O6S. The first-order valence-electron chi connectivity index (χ1n) is 14.0. The first-order valence-corrected chi connectivity index (χ1v) is 14.9. The molecule has 1 atom stereocenters. The second kappa shape index (κ2) is 13.7. The Kier molecular flexibility index (Phi) is 10.0. The number of thiophene rings is 1. The number of hydrogen-bond donors (Lipinski definition) is 2. The molecule has 41 heavy (non-hydrogen) atoms. The van der Waals surface area contributed by atoms with Gasteiger partial charge in [-0.05, 0) is 107 Å². The second-order valence-corrected chi connectivity index (χ2v) is 11.9. The minimum absolute atomic E-state index is 0.0185. The van der Waals surface area contributed by atoms with Gasteiger partial charge < -0.3 is 24.8 Å². The lowest BCUT2D eigenvalue weighted by Crippen LogP contribution is -2.29. The summed E-state index contributed by atoms with van der Waals surface area (Å²) in [4.78, 5) is 40.0. The van der Waals surface area contributed by atoms with Crippen LogP contribution in [0.2, 0.25) is 0 Å². The molecule has 0 saturated heterocycles. The van der Waals surface area contributed by atoms with E-state index in [0.717, 1.165) is 29.7 Å². The van der Waals surface area contributed by atoms with Crippen LogP contribution >= 0.6 is 11.3 Å². The molecule has 218 valence electrons. The highest BCUT2D eigenvalue weighted by atomic mass is 32.1. The predicted octanol–water partition coefficient (Wildman–Crippen LogP) is 6.29. The van der Waals surface area contributed by atoms with Crippen LogP contribution in [-0.2, 0) is 17.6 Å². The van der Waals surface area contributed by atoms with E-state index in [4.69, 9.17) is 14.2 Å². The van der Waals surface area contributed by atoms with Gasteiger partial charge >= 0.3 is 5.97 Å². The maximum Gasteiger partial charge on any atom is 0.338 e. The number of nitrogens with one attached hydrogen (secondary N) is 2. The van der Waals surface area contributed by atoms with Gasteiger partial charge in [-0.25, -0.2) is 4.79 Å². The van der Waals surface area contributed by atoms with Crippen LogP contribution in [0.15, 0.2) is 48.5 Å². The fraction of sp³-hybridized carbons (Fsp3) is 0.406. The summed E-state index contributed by atoms with van der Waals surface area (Å²) in [6, 6.07) is 13.7. The number of carbonyl (C=O) groups is 3. The van der Waals surface area contributed by atoms with Crippen LogP contribution < -0.4 is 20.1 Å². The topological polar surface area (TPSA) is 103 Å². The highest BCUT2D eigenvalue weighted by molar-refractivity contribution is 7.17. The van der Waals surface area contributed by atoms with Gasteiger partial charge in [-0.2, -0.15) is 0 Å². The highest BCUT2D eigenvalue weighted by Gasteiger charge is 2.28. The van der Waals surface area contributed by atoms with Crippen LogP contribution in [0.25, 0.3) is 0 Å². The molecule has 2 aromatic carbocycles. The van der Waals surface area contributed by atoms with Crippen molar-refractivity contribution < 1.29 is 28.6 Å². The van der Waals surface area contributed by atoms with E-state index in [1.165, 1.54) is 11.3 Å². The molecule has 1 unspecified atom stereocenters. The molecule has 8 nitrogen and oxygen atoms in total. The van der Waals surface area contributed by atoms with Crippen molar-refractivity contribution in [1.29, 1.82) is 0 Å². The fourth-order valence-corrected chi connectivity index (χ4v) is 6.04. The number of ether oxygens (including phenoxy) is 3. The lowest BCUT2D eigenvalue weighted by atomic mass is 9.88. The molecule has 0 aliphatic heterocycles. The molecule has 0 spiro atoms. The fourth-order valence-electron chi connectivity index (χ4n) is 4.63. The molecular weight excluding hydrogens is 540 g/mol. The smallest absolute Gasteiger partial charge is 0.338 e. The van der Waals surface area contributed by atoms with Crippen molar-refractivity contribution in [2.45, 2.75) is 66.1 Å². The van der Waals surface area contributed by atoms with Gasteiger partial charge in [0.05, 0.1) is 29.9 Å². The summed E-state index contributed by atoms with van der Waals surface area (Å²) < 4.78 is 16.6. The Balaban J connectivity index is 1.39. The average molecular weight is 579 g/mol. The van der Waals surface area contributed by atoms with E-state index < -0.39 is 5.97 Å². The number of esters is 1. The molecule has 3 aromatic rings. The maximum absolute atomic E-state index is 13.4. The van der Waals surface area contributed by atoms with E-state index in [-0.39, 0.29) is 37.2 Å². The van der Waals surface area contributed by atoms with Gasteiger partial charge in [-0.1, -0.05) is 6.92 Å². The summed E-state index contributed by atoms with van der Waals surface area (Å²) >= 11 is 1.46. The third kappa shape index (κ3) is 8.10. The number of hydrogen-bond acceptors (Lipinski definition) is 7. The molecule has 1 aromatic heterocycles. The van der Waals surface area contributed by atoms with Crippen molar-refractivity contribution in [3.8, 4) is 11.5 Å². The average Bonchev–Trinajstić information content (AvgIpc) is 3.27. The highest BCUT2D eigenvalue weighted by Crippen LogP contribution is 2.40. The SMILES string of the molecule is CC1CCc2c(sc(NC(=O)c3ccc(OC(C)C)cc3)c2C(=O)NCCOC(=O)c2ccc(OC(C)C)cc2)C1. The summed E-state index contributed by atoms with van der Waals surface area (Å²) in [5.41, 5.74) is 2.37. The quantitative estimate of drug-likeness (QED) is 0.205. The number of carbonyl (C=O) groups excluding carboxylic acids is 3. The number of amides is 2. The molecule has 0 fully saturated rings. The molecule has 9 heteroatoms. The molecule has 2 amide bonds. The largest absolute Gasteiger partial charge is 0.491 e. The van der Waals surface area contributed by atoms with Gasteiger partial charge in [0.25, 0.3) is 11.8 Å². The van der Waals surface area contributed by atoms with Gasteiger partial charge in [0.2, 0.25) is 0 Å². The third-order valence-corrected chi connectivity index (χ3v) is 7.71. The molecule has 0 bridgehead atoms. The van der Waals surface area contributed by atoms with E-state index >= 15 is 0 Å². The Labute approximate surface area is 245 Å². The number of anilines is 1. The second-order valence-electron chi connectivity index (χ2n) is 10.8. The Morgan fingerprint density at radius 3 is 2.05 bits per heavy atom. The van der Waals surface area contributed by atoms with E-state index in [2.05, 4.69) is 17.6 Å². The molecule has 0 saturated carbocycles. The van der Waals surface area contributed by atoms with Crippen molar-refractivity contribution in [3.05, 3.63) is 75.7 Å². The monoisotopic (exact) mass is 578 g/mol. The lowest BCUT2D eigenvalue weighted by Gasteiger charge is -2.18. The zero-order chi connectivity index (χ0) is 29.5. The van der Waals surface area contributed by atoms with Crippen LogP contribution in [0.3, 0.4) is 0 Å². The predicted molar refractivity (Wildman–Crippen MR) is 160 cm³/mol. The van der Waals surface area contributed by atoms with Gasteiger partial charge in [-0.3, -0.25) is 9.59 Å². The zero-order valence-corrected chi connectivity index (χ0v) is 25.1. The molecule has 4 rings (SSSR count). The van der Waals surface area contributed by atoms with E-state index in [1.807, 2.05) is 27.7 Å². The Morgan fingerprint density at radius 2 is 1.46 bits per heavy atom. The number of benzene rings is 2. The summed E-state index contributed by atoms with van der Waals surface area (Å²) in [7, 11) is 0. The number of rotatable bonds is 11. The van der Waals surface area contributed by atoms with Gasteiger partial charge in [-0.15, -0.1) is 11.3 Å². The summed E-state index contributed by atoms with van der Waals surface area (Å²) in [5, 5.41) is 6.37. The first-order chi connectivity index (χ1) is 19.6. The maximum atomic E-state index is 13.4. The van der Waals surface area contributed by atoms with Crippen molar-refractivity contribution in [3.63, 3.8) is 0 Å². The van der Waals surface area contributed by atoms with E-state index in [0.29, 0.717) is 39.1 Å². The minimum atomic E-state index is -0.477. The van der Waals surface area contributed by atoms with Crippen molar-refractivity contribution in [2.24, 2.45) is 5.92 Å². The van der Waals surface area contributed by atoms with Gasteiger partial charge in [0.15, 0.2) is 0 Å². The molecule has 0 radical (unpaired) electrons. The summed E-state index contributed by atoms with van der Waals surface area (Å²) in [6.07, 6.45) is 2.70. The van der Waals surface area contributed by atoms with Crippen molar-refractivity contribution in [1.82, 2.24) is 5.32 Å². The molecule has 2 N–H and O–H groups in total. The van der Waals surface area contributed by atoms with E-state index in [1.54, 1.807) is 48.5 Å².